The summed E-state index contributed by atoms with van der Waals surface area (Å²) in [4.78, 5) is 26.3. The van der Waals surface area contributed by atoms with Crippen molar-refractivity contribution in [1.82, 2.24) is 10.3 Å². The lowest BCUT2D eigenvalue weighted by Crippen LogP contribution is -2.41. The number of H-pyrrole nitrogens is 1. The van der Waals surface area contributed by atoms with Crippen LogP contribution in [0.25, 0.3) is 10.9 Å². The summed E-state index contributed by atoms with van der Waals surface area (Å²) in [7, 11) is 0. The van der Waals surface area contributed by atoms with Crippen LogP contribution in [0.5, 0.6) is 0 Å². The smallest absolute Gasteiger partial charge is 0.326 e. The van der Waals surface area contributed by atoms with Crippen molar-refractivity contribution in [3.8, 4) is 0 Å². The van der Waals surface area contributed by atoms with E-state index in [0.717, 1.165) is 16.5 Å². The van der Waals surface area contributed by atoms with Gasteiger partial charge < -0.3 is 15.4 Å². The van der Waals surface area contributed by atoms with E-state index in [4.69, 9.17) is 16.7 Å². The Labute approximate surface area is 133 Å². The number of halogens is 1. The summed E-state index contributed by atoms with van der Waals surface area (Å²) in [5.41, 5.74) is 1.67. The van der Waals surface area contributed by atoms with E-state index in [9.17, 15) is 9.59 Å². The molecule has 1 aromatic carbocycles. The van der Waals surface area contributed by atoms with Crippen LogP contribution >= 0.6 is 11.6 Å². The molecule has 0 aliphatic heterocycles. The lowest BCUT2D eigenvalue weighted by molar-refractivity contribution is -0.141. The number of hydrogen-bond donors (Lipinski definition) is 3. The fraction of sp³-hybridized carbons (Fsp3) is 0.250. The molecule has 0 fully saturated rings. The van der Waals surface area contributed by atoms with Crippen molar-refractivity contribution < 1.29 is 14.7 Å². The highest BCUT2D eigenvalue weighted by atomic mass is 35.5. The first kappa shape index (κ1) is 16.1. The van der Waals surface area contributed by atoms with E-state index in [0.29, 0.717) is 5.02 Å². The zero-order valence-electron chi connectivity index (χ0n) is 12.1. The fourth-order valence-electron chi connectivity index (χ4n) is 2.21. The molecule has 1 unspecified atom stereocenters. The summed E-state index contributed by atoms with van der Waals surface area (Å²) in [6.07, 6.45) is 5.56. The maximum absolute atomic E-state index is 12.1. The molecule has 0 aliphatic carbocycles. The van der Waals surface area contributed by atoms with Crippen molar-refractivity contribution in [2.24, 2.45) is 0 Å². The van der Waals surface area contributed by atoms with Gasteiger partial charge in [0.1, 0.15) is 6.04 Å². The number of carbonyl (C=O) groups excluding carboxylic acids is 1. The van der Waals surface area contributed by atoms with E-state index in [2.05, 4.69) is 10.3 Å². The molecule has 3 N–H and O–H groups in total. The van der Waals surface area contributed by atoms with Crippen LogP contribution in [0.2, 0.25) is 5.02 Å². The SMILES string of the molecule is C/C=C/CC(NC(=O)Cc1c[nH]c2ccc(Cl)cc12)C(=O)O. The summed E-state index contributed by atoms with van der Waals surface area (Å²) in [6, 6.07) is 4.47. The zero-order chi connectivity index (χ0) is 16.1. The highest BCUT2D eigenvalue weighted by molar-refractivity contribution is 6.31. The van der Waals surface area contributed by atoms with Crippen LogP contribution in [0.3, 0.4) is 0 Å². The second kappa shape index (κ2) is 7.13. The van der Waals surface area contributed by atoms with Gasteiger partial charge in [-0.2, -0.15) is 0 Å². The van der Waals surface area contributed by atoms with Crippen LogP contribution in [-0.2, 0) is 16.0 Å². The maximum atomic E-state index is 12.1. The molecule has 1 amide bonds. The minimum absolute atomic E-state index is 0.0972. The molecule has 2 aromatic rings. The predicted molar refractivity (Wildman–Crippen MR) is 86.0 cm³/mol. The van der Waals surface area contributed by atoms with Gasteiger partial charge in [-0.1, -0.05) is 23.8 Å². The third kappa shape index (κ3) is 3.89. The first-order valence-corrected chi connectivity index (χ1v) is 7.28. The molecule has 2 rings (SSSR count). The summed E-state index contributed by atoms with van der Waals surface area (Å²) in [5.74, 6) is -1.38. The van der Waals surface area contributed by atoms with Crippen molar-refractivity contribution in [1.29, 1.82) is 0 Å². The number of allylic oxidation sites excluding steroid dienone is 1. The predicted octanol–water partition coefficient (Wildman–Crippen LogP) is 2.90. The Bertz CT molecular complexity index is 721. The van der Waals surface area contributed by atoms with Gasteiger partial charge >= 0.3 is 5.97 Å². The first-order chi connectivity index (χ1) is 10.5. The number of carboxylic acid groups (broad SMARTS) is 1. The molecular formula is C16H17ClN2O3. The molecule has 1 heterocycles. The number of hydrogen-bond acceptors (Lipinski definition) is 2. The normalized spacial score (nSPS) is 12.6. The average molecular weight is 321 g/mol. The average Bonchev–Trinajstić information content (AvgIpc) is 2.85. The quantitative estimate of drug-likeness (QED) is 0.716. The van der Waals surface area contributed by atoms with Gasteiger partial charge in [0.05, 0.1) is 6.42 Å². The number of carboxylic acids is 1. The summed E-state index contributed by atoms with van der Waals surface area (Å²) in [5, 5.41) is 13.1. The number of nitrogens with one attached hydrogen (secondary N) is 2. The Morgan fingerprint density at radius 1 is 1.45 bits per heavy atom. The molecule has 1 aromatic heterocycles. The molecule has 0 spiro atoms. The van der Waals surface area contributed by atoms with Gasteiger partial charge in [-0.3, -0.25) is 4.79 Å². The van der Waals surface area contributed by atoms with Crippen molar-refractivity contribution in [3.05, 3.63) is 47.1 Å². The Morgan fingerprint density at radius 2 is 2.23 bits per heavy atom. The summed E-state index contributed by atoms with van der Waals surface area (Å²) in [6.45, 7) is 1.80. The van der Waals surface area contributed by atoms with Crippen LogP contribution in [-0.4, -0.2) is 28.0 Å². The standard InChI is InChI=1S/C16H17ClN2O3/c1-2-3-4-14(16(21)22)19-15(20)7-10-9-18-13-6-5-11(17)8-12(10)13/h2-3,5-6,8-9,14,18H,4,7H2,1H3,(H,19,20)(H,21,22)/b3-2+. The molecule has 5 nitrogen and oxygen atoms in total. The Balaban J connectivity index is 2.09. The maximum Gasteiger partial charge on any atom is 0.326 e. The van der Waals surface area contributed by atoms with Crippen molar-refractivity contribution in [3.63, 3.8) is 0 Å². The molecule has 0 bridgehead atoms. The monoisotopic (exact) mass is 320 g/mol. The third-order valence-corrected chi connectivity index (χ3v) is 3.56. The number of aromatic nitrogens is 1. The van der Waals surface area contributed by atoms with Gasteiger partial charge in [0, 0.05) is 22.1 Å². The van der Waals surface area contributed by atoms with E-state index in [-0.39, 0.29) is 18.7 Å². The zero-order valence-corrected chi connectivity index (χ0v) is 12.9. The Hall–Kier alpha value is -2.27. The van der Waals surface area contributed by atoms with Gasteiger partial charge in [-0.05, 0) is 37.1 Å². The van der Waals surface area contributed by atoms with E-state index < -0.39 is 12.0 Å². The van der Waals surface area contributed by atoms with Crippen LogP contribution in [0.15, 0.2) is 36.5 Å². The van der Waals surface area contributed by atoms with Gasteiger partial charge in [0.15, 0.2) is 0 Å². The fourth-order valence-corrected chi connectivity index (χ4v) is 2.38. The van der Waals surface area contributed by atoms with E-state index in [1.807, 2.05) is 6.07 Å². The molecular weight excluding hydrogens is 304 g/mol. The Morgan fingerprint density at radius 3 is 2.91 bits per heavy atom. The minimum Gasteiger partial charge on any atom is -0.480 e. The molecule has 0 saturated carbocycles. The molecule has 6 heteroatoms. The van der Waals surface area contributed by atoms with E-state index >= 15 is 0 Å². The third-order valence-electron chi connectivity index (χ3n) is 3.32. The second-order valence-electron chi connectivity index (χ2n) is 4.94. The number of amides is 1. The second-order valence-corrected chi connectivity index (χ2v) is 5.38. The van der Waals surface area contributed by atoms with E-state index in [1.54, 1.807) is 37.4 Å². The number of rotatable bonds is 6. The highest BCUT2D eigenvalue weighted by Gasteiger charge is 2.19. The van der Waals surface area contributed by atoms with Crippen LogP contribution in [0, 0.1) is 0 Å². The molecule has 22 heavy (non-hydrogen) atoms. The van der Waals surface area contributed by atoms with Crippen LogP contribution < -0.4 is 5.32 Å². The highest BCUT2D eigenvalue weighted by Crippen LogP contribution is 2.22. The molecule has 1 atom stereocenters. The molecule has 0 aliphatic rings. The van der Waals surface area contributed by atoms with Gasteiger partial charge in [0.25, 0.3) is 0 Å². The van der Waals surface area contributed by atoms with Gasteiger partial charge in [-0.25, -0.2) is 4.79 Å². The lowest BCUT2D eigenvalue weighted by atomic mass is 10.1. The van der Waals surface area contributed by atoms with Gasteiger partial charge in [0.2, 0.25) is 5.91 Å². The Kier molecular flexibility index (Phi) is 5.22. The minimum atomic E-state index is -1.05. The first-order valence-electron chi connectivity index (χ1n) is 6.90. The number of fused-ring (bicyclic) bond motifs is 1. The van der Waals surface area contributed by atoms with Crippen LogP contribution in [0.4, 0.5) is 0 Å². The van der Waals surface area contributed by atoms with Crippen molar-refractivity contribution in [2.75, 3.05) is 0 Å². The number of aliphatic carboxylic acids is 1. The molecule has 116 valence electrons. The van der Waals surface area contributed by atoms with Gasteiger partial charge in [-0.15, -0.1) is 0 Å². The lowest BCUT2D eigenvalue weighted by Gasteiger charge is -2.12. The summed E-state index contributed by atoms with van der Waals surface area (Å²) < 4.78 is 0. The van der Waals surface area contributed by atoms with Crippen molar-refractivity contribution in [2.45, 2.75) is 25.8 Å². The largest absolute Gasteiger partial charge is 0.480 e. The topological polar surface area (TPSA) is 82.2 Å². The molecule has 0 saturated heterocycles. The van der Waals surface area contributed by atoms with E-state index in [1.165, 1.54) is 0 Å². The van der Waals surface area contributed by atoms with Crippen LogP contribution in [0.1, 0.15) is 18.9 Å². The van der Waals surface area contributed by atoms with Crippen molar-refractivity contribution >= 4 is 34.4 Å². The number of carbonyl (C=O) groups is 2. The number of benzene rings is 1. The molecule has 0 radical (unpaired) electrons. The number of aromatic amines is 1. The summed E-state index contributed by atoms with van der Waals surface area (Å²) >= 11 is 5.97.